The number of carboxylic acids is 1. The van der Waals surface area contributed by atoms with E-state index >= 15 is 0 Å². The summed E-state index contributed by atoms with van der Waals surface area (Å²) in [6.45, 7) is 2.00. The van der Waals surface area contributed by atoms with Gasteiger partial charge in [-0.05, 0) is 49.3 Å². The molecular formula is C15H16ClNO2. The third-order valence-electron chi connectivity index (χ3n) is 4.10. The number of H-pyrrole nitrogens is 1. The Balaban J connectivity index is 2.20. The van der Waals surface area contributed by atoms with Crippen molar-refractivity contribution in [1.82, 2.24) is 4.98 Å². The Morgan fingerprint density at radius 1 is 1.53 bits per heavy atom. The third kappa shape index (κ3) is 2.02. The molecular weight excluding hydrogens is 262 g/mol. The molecule has 19 heavy (non-hydrogen) atoms. The van der Waals surface area contributed by atoms with E-state index in [1.165, 1.54) is 11.3 Å². The molecule has 1 aromatic heterocycles. The van der Waals surface area contributed by atoms with Crippen LogP contribution in [0.3, 0.4) is 0 Å². The van der Waals surface area contributed by atoms with Crippen molar-refractivity contribution in [2.24, 2.45) is 0 Å². The largest absolute Gasteiger partial charge is 0.481 e. The fourth-order valence-electron chi connectivity index (χ4n) is 3.20. The molecule has 0 saturated carbocycles. The monoisotopic (exact) mass is 277 g/mol. The summed E-state index contributed by atoms with van der Waals surface area (Å²) in [7, 11) is 0. The van der Waals surface area contributed by atoms with Crippen LogP contribution in [0, 0.1) is 6.92 Å². The SMILES string of the molecule is Cc1c(Cl)ccc2c3c([nH]c12)CCCC3CC(=O)O. The molecule has 0 spiro atoms. The van der Waals surface area contributed by atoms with Crippen LogP contribution in [0.5, 0.6) is 0 Å². The van der Waals surface area contributed by atoms with Crippen LogP contribution in [0.2, 0.25) is 5.02 Å². The van der Waals surface area contributed by atoms with E-state index in [4.69, 9.17) is 16.7 Å². The number of aliphatic carboxylic acids is 1. The number of hydrogen-bond donors (Lipinski definition) is 2. The highest BCUT2D eigenvalue weighted by atomic mass is 35.5. The van der Waals surface area contributed by atoms with Gasteiger partial charge in [0.2, 0.25) is 0 Å². The van der Waals surface area contributed by atoms with Crippen molar-refractivity contribution >= 4 is 28.5 Å². The van der Waals surface area contributed by atoms with E-state index < -0.39 is 5.97 Å². The van der Waals surface area contributed by atoms with E-state index in [1.54, 1.807) is 0 Å². The van der Waals surface area contributed by atoms with Gasteiger partial charge in [-0.3, -0.25) is 4.79 Å². The molecule has 1 unspecified atom stereocenters. The van der Waals surface area contributed by atoms with Crippen LogP contribution < -0.4 is 0 Å². The molecule has 1 aliphatic carbocycles. The lowest BCUT2D eigenvalue weighted by Crippen LogP contribution is -2.12. The molecule has 2 N–H and O–H groups in total. The number of halogens is 1. The van der Waals surface area contributed by atoms with Gasteiger partial charge in [0.15, 0.2) is 0 Å². The molecule has 1 heterocycles. The molecule has 2 aromatic rings. The average Bonchev–Trinajstić information content (AvgIpc) is 2.73. The molecule has 1 atom stereocenters. The minimum Gasteiger partial charge on any atom is -0.481 e. The summed E-state index contributed by atoms with van der Waals surface area (Å²) in [5.74, 6) is -0.603. The van der Waals surface area contributed by atoms with E-state index in [-0.39, 0.29) is 12.3 Å². The first-order chi connectivity index (χ1) is 9.08. The number of rotatable bonds is 2. The van der Waals surface area contributed by atoms with Crippen molar-refractivity contribution < 1.29 is 9.90 Å². The smallest absolute Gasteiger partial charge is 0.303 e. The first kappa shape index (κ1) is 12.5. The zero-order chi connectivity index (χ0) is 13.6. The lowest BCUT2D eigenvalue weighted by Gasteiger charge is -2.21. The van der Waals surface area contributed by atoms with Crippen molar-refractivity contribution in [3.63, 3.8) is 0 Å². The van der Waals surface area contributed by atoms with E-state index in [0.29, 0.717) is 0 Å². The minimum absolute atomic E-state index is 0.121. The molecule has 0 bridgehead atoms. The molecule has 100 valence electrons. The van der Waals surface area contributed by atoms with E-state index in [0.717, 1.165) is 40.8 Å². The predicted molar refractivity (Wildman–Crippen MR) is 76.0 cm³/mol. The number of nitrogens with one attached hydrogen (secondary N) is 1. The zero-order valence-electron chi connectivity index (χ0n) is 10.8. The van der Waals surface area contributed by atoms with Gasteiger partial charge in [0.25, 0.3) is 0 Å². The van der Waals surface area contributed by atoms with Crippen LogP contribution in [0.25, 0.3) is 10.9 Å². The molecule has 0 aliphatic heterocycles. The fraction of sp³-hybridized carbons (Fsp3) is 0.400. The molecule has 1 aliphatic rings. The van der Waals surface area contributed by atoms with Gasteiger partial charge in [-0.25, -0.2) is 0 Å². The highest BCUT2D eigenvalue weighted by Crippen LogP contribution is 2.40. The number of aromatic nitrogens is 1. The quantitative estimate of drug-likeness (QED) is 0.871. The Morgan fingerprint density at radius 3 is 3.05 bits per heavy atom. The molecule has 4 heteroatoms. The normalized spacial score (nSPS) is 18.5. The lowest BCUT2D eigenvalue weighted by atomic mass is 9.83. The number of aryl methyl sites for hydroxylation is 2. The molecule has 0 amide bonds. The number of benzene rings is 1. The predicted octanol–water partition coefficient (Wildman–Crippen LogP) is 4.02. The van der Waals surface area contributed by atoms with Gasteiger partial charge < -0.3 is 10.1 Å². The number of aromatic amines is 1. The Hall–Kier alpha value is -1.48. The molecule has 0 saturated heterocycles. The number of hydrogen-bond acceptors (Lipinski definition) is 1. The second-order valence-corrected chi connectivity index (χ2v) is 5.71. The Labute approximate surface area is 116 Å². The highest BCUT2D eigenvalue weighted by Gasteiger charge is 2.27. The van der Waals surface area contributed by atoms with Gasteiger partial charge in [0.05, 0.1) is 11.9 Å². The Morgan fingerprint density at radius 2 is 2.32 bits per heavy atom. The molecule has 3 rings (SSSR count). The fourth-order valence-corrected chi connectivity index (χ4v) is 3.36. The second-order valence-electron chi connectivity index (χ2n) is 5.30. The van der Waals surface area contributed by atoms with Crippen LogP contribution in [-0.2, 0) is 11.2 Å². The van der Waals surface area contributed by atoms with Gasteiger partial charge in [-0.2, -0.15) is 0 Å². The van der Waals surface area contributed by atoms with Crippen molar-refractivity contribution in [2.45, 2.75) is 38.5 Å². The van der Waals surface area contributed by atoms with Crippen molar-refractivity contribution in [3.8, 4) is 0 Å². The van der Waals surface area contributed by atoms with Crippen LogP contribution >= 0.6 is 11.6 Å². The Bertz CT molecular complexity index is 660. The van der Waals surface area contributed by atoms with Crippen molar-refractivity contribution in [3.05, 3.63) is 34.0 Å². The van der Waals surface area contributed by atoms with Gasteiger partial charge >= 0.3 is 5.97 Å². The zero-order valence-corrected chi connectivity index (χ0v) is 11.5. The van der Waals surface area contributed by atoms with Gasteiger partial charge in [-0.1, -0.05) is 17.7 Å². The van der Waals surface area contributed by atoms with Gasteiger partial charge in [0.1, 0.15) is 0 Å². The van der Waals surface area contributed by atoms with Crippen molar-refractivity contribution in [2.75, 3.05) is 0 Å². The topological polar surface area (TPSA) is 53.1 Å². The maximum atomic E-state index is 11.0. The maximum Gasteiger partial charge on any atom is 0.303 e. The van der Waals surface area contributed by atoms with Gasteiger partial charge in [-0.15, -0.1) is 0 Å². The number of carboxylic acid groups (broad SMARTS) is 1. The summed E-state index contributed by atoms with van der Waals surface area (Å²) in [4.78, 5) is 14.5. The standard InChI is InChI=1S/C15H16ClNO2/c1-8-11(16)6-5-10-14-9(7-13(18)19)3-2-4-12(14)17-15(8)10/h5-6,9,17H,2-4,7H2,1H3,(H,18,19). The summed E-state index contributed by atoms with van der Waals surface area (Å²) in [6.07, 6.45) is 3.21. The van der Waals surface area contributed by atoms with Crippen LogP contribution in [-0.4, -0.2) is 16.1 Å². The summed E-state index contributed by atoms with van der Waals surface area (Å²) >= 11 is 6.16. The van der Waals surface area contributed by atoms with Crippen LogP contribution in [0.15, 0.2) is 12.1 Å². The summed E-state index contributed by atoms with van der Waals surface area (Å²) in [5.41, 5.74) is 4.50. The summed E-state index contributed by atoms with van der Waals surface area (Å²) < 4.78 is 0. The van der Waals surface area contributed by atoms with Crippen molar-refractivity contribution in [1.29, 1.82) is 0 Å². The van der Waals surface area contributed by atoms with E-state index in [9.17, 15) is 4.79 Å². The first-order valence-corrected chi connectivity index (χ1v) is 6.97. The first-order valence-electron chi connectivity index (χ1n) is 6.59. The van der Waals surface area contributed by atoms with Crippen LogP contribution in [0.4, 0.5) is 0 Å². The summed E-state index contributed by atoms with van der Waals surface area (Å²) in [5, 5.41) is 11.0. The lowest BCUT2D eigenvalue weighted by molar-refractivity contribution is -0.137. The average molecular weight is 278 g/mol. The molecule has 3 nitrogen and oxygen atoms in total. The second kappa shape index (κ2) is 4.57. The van der Waals surface area contributed by atoms with Gasteiger partial charge in [0, 0.05) is 16.1 Å². The maximum absolute atomic E-state index is 11.0. The highest BCUT2D eigenvalue weighted by molar-refractivity contribution is 6.32. The minimum atomic E-state index is -0.724. The number of carbonyl (C=O) groups is 1. The Kier molecular flexibility index (Phi) is 3.02. The summed E-state index contributed by atoms with van der Waals surface area (Å²) in [6, 6.07) is 3.92. The van der Waals surface area contributed by atoms with E-state index in [2.05, 4.69) is 4.98 Å². The number of fused-ring (bicyclic) bond motifs is 3. The van der Waals surface area contributed by atoms with E-state index in [1.807, 2.05) is 19.1 Å². The van der Waals surface area contributed by atoms with Crippen LogP contribution in [0.1, 0.15) is 42.0 Å². The molecule has 0 fully saturated rings. The molecule has 1 aromatic carbocycles. The third-order valence-corrected chi connectivity index (χ3v) is 4.51. The molecule has 0 radical (unpaired) electrons.